The van der Waals surface area contributed by atoms with Crippen LogP contribution in [-0.2, 0) is 9.59 Å². The van der Waals surface area contributed by atoms with Gasteiger partial charge in [-0.25, -0.2) is 0 Å². The van der Waals surface area contributed by atoms with Crippen LogP contribution in [0.25, 0.3) is 0 Å². The van der Waals surface area contributed by atoms with Gasteiger partial charge in [0.25, 0.3) is 0 Å². The van der Waals surface area contributed by atoms with Crippen LogP contribution in [0.4, 0.5) is 0 Å². The molecule has 0 aliphatic rings. The van der Waals surface area contributed by atoms with Gasteiger partial charge in [-0.1, -0.05) is 57.1 Å². The first kappa shape index (κ1) is 25.9. The molecule has 2 N–H and O–H groups in total. The minimum atomic E-state index is -0.707. The molecule has 164 valence electrons. The number of carbonyl (C=O) groups is 2. The third-order valence-corrected chi connectivity index (χ3v) is 7.13. The van der Waals surface area contributed by atoms with Gasteiger partial charge in [-0.2, -0.15) is 0 Å². The van der Waals surface area contributed by atoms with Crippen molar-refractivity contribution in [3.05, 3.63) is 24.3 Å². The molecule has 0 saturated carbocycles. The lowest BCUT2D eigenvalue weighted by molar-refractivity contribution is -0.138. The van der Waals surface area contributed by atoms with Crippen molar-refractivity contribution in [2.45, 2.75) is 93.3 Å². The topological polar surface area (TPSA) is 74.6 Å². The van der Waals surface area contributed by atoms with Crippen molar-refractivity contribution < 1.29 is 19.8 Å². The van der Waals surface area contributed by atoms with Crippen molar-refractivity contribution in [2.24, 2.45) is 0 Å². The summed E-state index contributed by atoms with van der Waals surface area (Å²) in [7, 11) is 0. The van der Waals surface area contributed by atoms with Gasteiger partial charge < -0.3 is 10.2 Å². The molecule has 0 bridgehead atoms. The largest absolute Gasteiger partial charge is 0.481 e. The van der Waals surface area contributed by atoms with E-state index >= 15 is 0 Å². The first-order chi connectivity index (χ1) is 14.1. The van der Waals surface area contributed by atoms with Crippen LogP contribution < -0.4 is 0 Å². The summed E-state index contributed by atoms with van der Waals surface area (Å²) < 4.78 is 0. The molecule has 0 aliphatic carbocycles. The number of thioether (sulfide) groups is 2. The van der Waals surface area contributed by atoms with Crippen molar-refractivity contribution in [1.82, 2.24) is 0 Å². The Bertz CT molecular complexity index is 578. The van der Waals surface area contributed by atoms with Crippen LogP contribution in [0, 0.1) is 0 Å². The third kappa shape index (κ3) is 15.4. The molecule has 0 atom stereocenters. The first-order valence-electron chi connectivity index (χ1n) is 10.9. The van der Waals surface area contributed by atoms with Crippen molar-refractivity contribution in [3.8, 4) is 0 Å². The van der Waals surface area contributed by atoms with E-state index in [0.717, 1.165) is 43.6 Å². The molecule has 0 aromatic heterocycles. The summed E-state index contributed by atoms with van der Waals surface area (Å²) in [6, 6.07) is 8.52. The van der Waals surface area contributed by atoms with Gasteiger partial charge in [-0.3, -0.25) is 9.59 Å². The lowest BCUT2D eigenvalue weighted by Crippen LogP contribution is -1.94. The highest BCUT2D eigenvalue weighted by Crippen LogP contribution is 2.32. The highest BCUT2D eigenvalue weighted by molar-refractivity contribution is 8.02. The Kier molecular flexibility index (Phi) is 15.8. The fraction of sp³-hybridized carbons (Fsp3) is 0.652. The van der Waals surface area contributed by atoms with Crippen molar-refractivity contribution in [1.29, 1.82) is 0 Å². The van der Waals surface area contributed by atoms with E-state index in [1.165, 1.54) is 48.3 Å². The average molecular weight is 441 g/mol. The fourth-order valence-corrected chi connectivity index (χ4v) is 5.31. The fourth-order valence-electron chi connectivity index (χ4n) is 3.05. The summed E-state index contributed by atoms with van der Waals surface area (Å²) in [5.41, 5.74) is 0. The second-order valence-corrected chi connectivity index (χ2v) is 9.59. The molecular formula is C23H36O4S2. The summed E-state index contributed by atoms with van der Waals surface area (Å²) in [5, 5.41) is 17.3. The molecule has 0 amide bonds. The molecule has 1 rings (SSSR count). The quantitative estimate of drug-likeness (QED) is 0.176. The Labute approximate surface area is 184 Å². The zero-order chi connectivity index (χ0) is 21.2. The van der Waals surface area contributed by atoms with E-state index in [4.69, 9.17) is 10.2 Å². The molecule has 1 aromatic rings. The number of benzene rings is 1. The molecule has 0 aliphatic heterocycles. The van der Waals surface area contributed by atoms with Crippen molar-refractivity contribution in [2.75, 3.05) is 11.5 Å². The molecule has 0 unspecified atom stereocenters. The van der Waals surface area contributed by atoms with Crippen LogP contribution in [0.15, 0.2) is 34.1 Å². The van der Waals surface area contributed by atoms with Crippen LogP contribution in [0.3, 0.4) is 0 Å². The van der Waals surface area contributed by atoms with Crippen molar-refractivity contribution in [3.63, 3.8) is 0 Å². The molecule has 29 heavy (non-hydrogen) atoms. The minimum Gasteiger partial charge on any atom is -0.481 e. The molecule has 0 spiro atoms. The first-order valence-corrected chi connectivity index (χ1v) is 12.8. The van der Waals surface area contributed by atoms with Gasteiger partial charge in [0.1, 0.15) is 0 Å². The van der Waals surface area contributed by atoms with Crippen LogP contribution in [0.1, 0.15) is 83.5 Å². The van der Waals surface area contributed by atoms with E-state index in [1.54, 1.807) is 0 Å². The minimum absolute atomic E-state index is 0.266. The smallest absolute Gasteiger partial charge is 0.303 e. The van der Waals surface area contributed by atoms with E-state index in [2.05, 4.69) is 24.3 Å². The second kappa shape index (κ2) is 17.7. The average Bonchev–Trinajstić information content (AvgIpc) is 2.69. The molecule has 0 heterocycles. The number of unbranched alkanes of at least 4 members (excludes halogenated alkanes) is 9. The van der Waals surface area contributed by atoms with Gasteiger partial charge in [0, 0.05) is 22.6 Å². The summed E-state index contributed by atoms with van der Waals surface area (Å²) >= 11 is 3.77. The Morgan fingerprint density at radius 2 is 0.931 bits per heavy atom. The standard InChI is InChI=1S/C23H36O4S2/c24-22(25)16-8-6-4-2-1-3-5-7-12-18-28-20-14-9-10-15-21(20)29-19-13-11-17-23(26)27/h9-10,14-15H,1-8,11-13,16-19H2,(H,24,25)(H,26,27). The molecule has 1 aromatic carbocycles. The Balaban J connectivity index is 2.02. The van der Waals surface area contributed by atoms with Gasteiger partial charge in [-0.05, 0) is 49.3 Å². The molecule has 6 heteroatoms. The zero-order valence-electron chi connectivity index (χ0n) is 17.4. The van der Waals surface area contributed by atoms with Crippen LogP contribution in [-0.4, -0.2) is 33.7 Å². The van der Waals surface area contributed by atoms with Gasteiger partial charge in [0.15, 0.2) is 0 Å². The van der Waals surface area contributed by atoms with E-state index in [1.807, 2.05) is 23.5 Å². The highest BCUT2D eigenvalue weighted by Gasteiger charge is 2.04. The summed E-state index contributed by atoms with van der Waals surface area (Å²) in [6.45, 7) is 0. The molecule has 0 saturated heterocycles. The number of hydrogen-bond acceptors (Lipinski definition) is 4. The molecular weight excluding hydrogens is 404 g/mol. The van der Waals surface area contributed by atoms with Crippen molar-refractivity contribution >= 4 is 35.5 Å². The highest BCUT2D eigenvalue weighted by atomic mass is 32.2. The normalized spacial score (nSPS) is 10.9. The number of hydrogen-bond donors (Lipinski definition) is 2. The van der Waals surface area contributed by atoms with Gasteiger partial charge in [-0.15, -0.1) is 23.5 Å². The van der Waals surface area contributed by atoms with E-state index in [0.29, 0.717) is 6.42 Å². The van der Waals surface area contributed by atoms with E-state index in [-0.39, 0.29) is 6.42 Å². The van der Waals surface area contributed by atoms with Gasteiger partial charge in [0.2, 0.25) is 0 Å². The lowest BCUT2D eigenvalue weighted by Gasteiger charge is -2.09. The van der Waals surface area contributed by atoms with E-state index < -0.39 is 11.9 Å². The predicted molar refractivity (Wildman–Crippen MR) is 123 cm³/mol. The van der Waals surface area contributed by atoms with Crippen LogP contribution in [0.2, 0.25) is 0 Å². The molecule has 4 nitrogen and oxygen atoms in total. The number of aliphatic carboxylic acids is 2. The number of carboxylic acids is 2. The van der Waals surface area contributed by atoms with Gasteiger partial charge >= 0.3 is 11.9 Å². The van der Waals surface area contributed by atoms with E-state index in [9.17, 15) is 9.59 Å². The summed E-state index contributed by atoms with van der Waals surface area (Å²) in [4.78, 5) is 23.7. The SMILES string of the molecule is O=C(O)CCCCCCCCCCCSc1ccccc1SCCCCC(=O)O. The Morgan fingerprint density at radius 1 is 0.586 bits per heavy atom. The lowest BCUT2D eigenvalue weighted by atomic mass is 10.1. The maximum absolute atomic E-state index is 10.6. The Morgan fingerprint density at radius 3 is 1.38 bits per heavy atom. The third-order valence-electron chi connectivity index (χ3n) is 4.68. The maximum Gasteiger partial charge on any atom is 0.303 e. The second-order valence-electron chi connectivity index (χ2n) is 7.32. The zero-order valence-corrected chi connectivity index (χ0v) is 19.1. The maximum atomic E-state index is 10.6. The number of carboxylic acid groups (broad SMARTS) is 2. The monoisotopic (exact) mass is 440 g/mol. The van der Waals surface area contributed by atoms with Gasteiger partial charge in [0.05, 0.1) is 0 Å². The summed E-state index contributed by atoms with van der Waals surface area (Å²) in [6.07, 6.45) is 12.9. The van der Waals surface area contributed by atoms with Crippen LogP contribution in [0.5, 0.6) is 0 Å². The van der Waals surface area contributed by atoms with Crippen LogP contribution >= 0.6 is 23.5 Å². The number of rotatable bonds is 19. The molecule has 0 fully saturated rings. The Hall–Kier alpha value is -1.14. The summed E-state index contributed by atoms with van der Waals surface area (Å²) in [5.74, 6) is 0.731. The molecule has 0 radical (unpaired) electrons. The predicted octanol–water partition coefficient (Wildman–Crippen LogP) is 7.11.